The molecule has 4 rings (SSSR count). The summed E-state index contributed by atoms with van der Waals surface area (Å²) in [7, 11) is -16.7. The molecule has 2 aromatic rings. The molecule has 42 heavy (non-hydrogen) atoms. The van der Waals surface area contributed by atoms with Gasteiger partial charge in [-0.25, -0.2) is 28.6 Å². The molecule has 0 amide bonds. The maximum Gasteiger partial charge on any atom is 0.490 e. The zero-order valence-electron chi connectivity index (χ0n) is 22.5. The quantitative estimate of drug-likeness (QED) is 0.143. The molecule has 23 heteroatoms. The average Bonchev–Trinajstić information content (AvgIpc) is 3.44. The van der Waals surface area contributed by atoms with E-state index in [-0.39, 0.29) is 22.6 Å². The first kappa shape index (κ1) is 33.2. The molecule has 2 aliphatic heterocycles. The molecule has 4 heterocycles. The van der Waals surface area contributed by atoms with Gasteiger partial charge < -0.3 is 45.6 Å². The summed E-state index contributed by atoms with van der Waals surface area (Å²) in [5, 5.41) is 34.0. The molecule has 2 aliphatic rings. The van der Waals surface area contributed by atoms with E-state index in [0.29, 0.717) is 0 Å². The van der Waals surface area contributed by atoms with Crippen LogP contribution in [-0.4, -0.2) is 92.1 Å². The molecule has 1 saturated heterocycles. The summed E-state index contributed by atoms with van der Waals surface area (Å²) >= 11 is 0. The van der Waals surface area contributed by atoms with Gasteiger partial charge in [0, 0.05) is 11.1 Å². The van der Waals surface area contributed by atoms with E-state index < -0.39 is 72.3 Å². The van der Waals surface area contributed by atoms with Gasteiger partial charge in [0.25, 0.3) is 0 Å². The molecule has 1 fully saturated rings. The second-order valence-electron chi connectivity index (χ2n) is 10.4. The number of fused-ring (bicyclic) bond motifs is 1. The van der Waals surface area contributed by atoms with Crippen molar-refractivity contribution in [1.29, 1.82) is 0 Å². The number of phosphoric acid groups is 3. The molecule has 236 valence electrons. The molecule has 0 saturated carbocycles. The van der Waals surface area contributed by atoms with Crippen molar-refractivity contribution in [2.45, 2.75) is 63.3 Å². The van der Waals surface area contributed by atoms with Crippen molar-refractivity contribution in [2.75, 3.05) is 18.9 Å². The maximum atomic E-state index is 12.4. The van der Waals surface area contributed by atoms with E-state index in [1.54, 1.807) is 13.8 Å². The van der Waals surface area contributed by atoms with Crippen molar-refractivity contribution in [2.24, 2.45) is 0 Å². The highest BCUT2D eigenvalue weighted by atomic mass is 31.3. The predicted molar refractivity (Wildman–Crippen MR) is 141 cm³/mol. The summed E-state index contributed by atoms with van der Waals surface area (Å²) in [6, 6.07) is 0. The highest BCUT2D eigenvalue weighted by molar-refractivity contribution is 7.66. The molecule has 3 unspecified atom stereocenters. The third-order valence-corrected chi connectivity index (χ3v) is 10.8. The zero-order chi connectivity index (χ0) is 31.5. The van der Waals surface area contributed by atoms with Crippen molar-refractivity contribution in [1.82, 2.24) is 24.6 Å². The van der Waals surface area contributed by atoms with E-state index >= 15 is 0 Å². The van der Waals surface area contributed by atoms with Gasteiger partial charge in [0.1, 0.15) is 30.2 Å². The first-order chi connectivity index (χ1) is 19.2. The van der Waals surface area contributed by atoms with Gasteiger partial charge in [-0.2, -0.15) is 8.62 Å². The summed E-state index contributed by atoms with van der Waals surface area (Å²) in [5.74, 6) is 0.0380. The minimum Gasteiger partial charge on any atom is -0.784 e. The van der Waals surface area contributed by atoms with Crippen LogP contribution in [0.5, 0.6) is 0 Å². The van der Waals surface area contributed by atoms with Gasteiger partial charge in [-0.15, -0.1) is 0 Å². The van der Waals surface area contributed by atoms with Crippen molar-refractivity contribution < 1.29 is 61.0 Å². The van der Waals surface area contributed by atoms with Crippen LogP contribution in [0.15, 0.2) is 24.3 Å². The van der Waals surface area contributed by atoms with Crippen LogP contribution < -0.4 is 5.73 Å². The third-order valence-electron chi connectivity index (χ3n) is 6.54. The number of aliphatic hydroxyl groups is 2. The lowest BCUT2D eigenvalue weighted by atomic mass is 9.97. The third kappa shape index (κ3) is 6.83. The molecular weight excluding hydrogens is 629 g/mol. The van der Waals surface area contributed by atoms with Gasteiger partial charge >= 0.3 is 23.5 Å². The Kier molecular flexibility index (Phi) is 8.96. The van der Waals surface area contributed by atoms with Crippen LogP contribution in [0.3, 0.4) is 0 Å². The van der Waals surface area contributed by atoms with E-state index in [1.165, 1.54) is 30.8 Å². The summed E-state index contributed by atoms with van der Waals surface area (Å²) in [4.78, 5) is 41.5. The van der Waals surface area contributed by atoms with Crippen LogP contribution in [0.4, 0.5) is 5.82 Å². The van der Waals surface area contributed by atoms with Gasteiger partial charge in [-0.05, 0) is 33.3 Å². The number of ether oxygens (including phenoxy) is 1. The monoisotopic (exact) mass is 659 g/mol. The van der Waals surface area contributed by atoms with Crippen molar-refractivity contribution >= 4 is 40.4 Å². The number of anilines is 1. The molecule has 2 aromatic heterocycles. The maximum absolute atomic E-state index is 12.4. The summed E-state index contributed by atoms with van der Waals surface area (Å²) in [6.07, 6.45) is -2.28. The predicted octanol–water partition coefficient (Wildman–Crippen LogP) is 0.692. The van der Waals surface area contributed by atoms with E-state index in [0.717, 1.165) is 11.4 Å². The Labute approximate surface area is 238 Å². The molecule has 20 nitrogen and oxygen atoms in total. The molecule has 7 N–H and O–H groups in total. The first-order valence-electron chi connectivity index (χ1n) is 12.0. The molecule has 0 spiro atoms. The van der Waals surface area contributed by atoms with Gasteiger partial charge in [-0.1, -0.05) is 6.08 Å². The van der Waals surface area contributed by atoms with Gasteiger partial charge in [0.15, 0.2) is 17.7 Å². The van der Waals surface area contributed by atoms with Gasteiger partial charge in [0.2, 0.25) is 0 Å². The SMILES string of the molecule is CC1(C)C=C(COP(=O)(O)OP(=O)(O)OP(=O)(O)OC[C@H]2O[C@@H](n3cnc4c(N)ncnc43)[C@H](O)[C@@H]2O)C(C)(C)N1[O-]. The summed E-state index contributed by atoms with van der Waals surface area (Å²) in [6.45, 7) is 4.62. The molecule has 0 bridgehead atoms. The number of hydroxylamine groups is 2. The molecule has 0 aromatic carbocycles. The van der Waals surface area contributed by atoms with E-state index in [1.807, 2.05) is 0 Å². The summed E-state index contributed by atoms with van der Waals surface area (Å²) in [5.41, 5.74) is 4.20. The lowest BCUT2D eigenvalue weighted by molar-refractivity contribution is -0.0503. The molecule has 0 radical (unpaired) electrons. The number of aromatic nitrogens is 4. The van der Waals surface area contributed by atoms with Crippen LogP contribution in [-0.2, 0) is 36.1 Å². The number of nitrogens with zero attached hydrogens (tertiary/aromatic N) is 5. The number of nitrogens with two attached hydrogens (primary N) is 1. The van der Waals surface area contributed by atoms with Crippen molar-refractivity contribution in [3.63, 3.8) is 0 Å². The topological polar surface area (TPSA) is 294 Å². The number of aliphatic hydroxyl groups excluding tert-OH is 2. The van der Waals surface area contributed by atoms with E-state index in [2.05, 4.69) is 28.1 Å². The average molecular weight is 659 g/mol. The van der Waals surface area contributed by atoms with Crippen molar-refractivity contribution in [3.8, 4) is 0 Å². The molecule has 0 aliphatic carbocycles. The number of nitrogen functional groups attached to an aromatic ring is 1. The minimum atomic E-state index is -5.80. The zero-order valence-corrected chi connectivity index (χ0v) is 25.2. The first-order valence-corrected chi connectivity index (χ1v) is 16.5. The van der Waals surface area contributed by atoms with Crippen LogP contribution >= 0.6 is 23.5 Å². The second kappa shape index (κ2) is 11.3. The minimum absolute atomic E-state index is 0.0380. The Morgan fingerprint density at radius 3 is 2.21 bits per heavy atom. The number of hydrogen-bond donors (Lipinski definition) is 6. The Morgan fingerprint density at radius 1 is 1.00 bits per heavy atom. The molecular formula is C19H30N6O14P3-. The Bertz CT molecular complexity index is 1520. The number of phosphoric ester groups is 2. The highest BCUT2D eigenvalue weighted by Gasteiger charge is 2.48. The lowest BCUT2D eigenvalue weighted by Gasteiger charge is -2.47. The van der Waals surface area contributed by atoms with Crippen molar-refractivity contribution in [3.05, 3.63) is 29.5 Å². The summed E-state index contributed by atoms with van der Waals surface area (Å²) < 4.78 is 61.1. The number of rotatable bonds is 11. The number of imidazole rings is 1. The van der Waals surface area contributed by atoms with E-state index in [9.17, 15) is 43.8 Å². The van der Waals surface area contributed by atoms with Crippen LogP contribution in [0.2, 0.25) is 0 Å². The van der Waals surface area contributed by atoms with Gasteiger partial charge in [-0.3, -0.25) is 13.6 Å². The second-order valence-corrected chi connectivity index (χ2v) is 15.1. The fraction of sp³-hybridized carbons (Fsp3) is 0.632. The Morgan fingerprint density at radius 2 is 1.62 bits per heavy atom. The van der Waals surface area contributed by atoms with Crippen LogP contribution in [0, 0.1) is 5.21 Å². The lowest BCUT2D eigenvalue weighted by Crippen LogP contribution is -2.46. The normalized spacial score (nSPS) is 30.1. The highest BCUT2D eigenvalue weighted by Crippen LogP contribution is 2.68. The van der Waals surface area contributed by atoms with Crippen LogP contribution in [0.25, 0.3) is 11.2 Å². The standard InChI is InChI=1S/C19H30N6O14P3/c1-18(2)5-10(19(3,4)25(18)28)6-35-40(29,30)38-42(33,34)39-41(31,32)36-7-11-13(26)14(27)17(37-11)24-9-23-12-15(20)21-8-22-16(12)24/h5,8-9,11,13-14,17,26-27H,6-7H2,1-4H3,(H,29,30)(H,31,32)(H,33,34)(H2,20,21,22)/q-1/t11-,13-,14-,17-/m1/s1. The van der Waals surface area contributed by atoms with E-state index in [4.69, 9.17) is 15.0 Å². The fourth-order valence-corrected chi connectivity index (χ4v) is 8.01. The molecule has 7 atom stereocenters. The number of hydrogen-bond acceptors (Lipinski definition) is 16. The van der Waals surface area contributed by atoms with Crippen LogP contribution in [0.1, 0.15) is 33.9 Å². The van der Waals surface area contributed by atoms with Gasteiger partial charge in [0.05, 0.1) is 19.5 Å². The smallest absolute Gasteiger partial charge is 0.490 e. The Hall–Kier alpha value is -1.70. The Balaban J connectivity index is 1.35. The largest absolute Gasteiger partial charge is 0.784 e. The fourth-order valence-electron chi connectivity index (χ4n) is 4.53.